The van der Waals surface area contributed by atoms with Crippen molar-refractivity contribution in [2.45, 2.75) is 43.4 Å². The van der Waals surface area contributed by atoms with E-state index in [2.05, 4.69) is 16.0 Å². The van der Waals surface area contributed by atoms with Gasteiger partial charge < -0.3 is 0 Å². The number of aryl methyl sites for hydroxylation is 3. The highest BCUT2D eigenvalue weighted by atomic mass is 32.2. The number of thioether (sulfide) groups is 1. The second kappa shape index (κ2) is 4.52. The summed E-state index contributed by atoms with van der Waals surface area (Å²) in [7, 11) is 0. The van der Waals surface area contributed by atoms with E-state index in [1.165, 1.54) is 28.7 Å². The van der Waals surface area contributed by atoms with E-state index in [0.29, 0.717) is 0 Å². The van der Waals surface area contributed by atoms with Crippen LogP contribution in [0.15, 0.2) is 5.03 Å². The van der Waals surface area contributed by atoms with Gasteiger partial charge in [-0.05, 0) is 38.7 Å². The summed E-state index contributed by atoms with van der Waals surface area (Å²) in [6.07, 6.45) is 3.55. The summed E-state index contributed by atoms with van der Waals surface area (Å²) in [5.74, 6) is 0.801. The number of fused-ring (bicyclic) bond motifs is 3. The molecule has 2 aromatic rings. The molecular weight excluding hydrogens is 262 g/mol. The van der Waals surface area contributed by atoms with Gasteiger partial charge in [-0.25, -0.2) is 9.97 Å². The molecule has 0 saturated carbocycles. The van der Waals surface area contributed by atoms with Gasteiger partial charge in [-0.15, -0.1) is 11.3 Å². The molecule has 0 bridgehead atoms. The highest BCUT2D eigenvalue weighted by Gasteiger charge is 2.22. The Labute approximate surface area is 114 Å². The Morgan fingerprint density at radius 1 is 1.39 bits per heavy atom. The van der Waals surface area contributed by atoms with Crippen molar-refractivity contribution >= 4 is 33.3 Å². The van der Waals surface area contributed by atoms with Crippen LogP contribution < -0.4 is 0 Å². The Balaban J connectivity index is 2.19. The summed E-state index contributed by atoms with van der Waals surface area (Å²) in [6, 6.07) is 2.26. The van der Waals surface area contributed by atoms with E-state index < -0.39 is 0 Å². The van der Waals surface area contributed by atoms with Gasteiger partial charge in [0.05, 0.1) is 11.3 Å². The Morgan fingerprint density at radius 3 is 3.00 bits per heavy atom. The maximum Gasteiger partial charge on any atom is 0.128 e. The predicted octanol–water partition coefficient (Wildman–Crippen LogP) is 3.49. The van der Waals surface area contributed by atoms with Crippen LogP contribution in [0.4, 0.5) is 0 Å². The Bertz CT molecular complexity index is 654. The number of hydrogen-bond donors (Lipinski definition) is 0. The lowest BCUT2D eigenvalue weighted by Crippen LogP contribution is -1.96. The third-order valence-electron chi connectivity index (χ3n) is 3.11. The zero-order valence-electron chi connectivity index (χ0n) is 10.4. The van der Waals surface area contributed by atoms with Crippen LogP contribution in [-0.4, -0.2) is 15.2 Å². The number of nitrogens with zero attached hydrogens (tertiary/aromatic N) is 3. The molecule has 3 nitrogen and oxygen atoms in total. The third kappa shape index (κ3) is 1.90. The van der Waals surface area contributed by atoms with Gasteiger partial charge in [0, 0.05) is 10.3 Å². The quantitative estimate of drug-likeness (QED) is 0.622. The van der Waals surface area contributed by atoms with Crippen LogP contribution in [0.1, 0.15) is 29.6 Å². The molecule has 2 heterocycles. The first-order chi connectivity index (χ1) is 8.69. The molecule has 18 heavy (non-hydrogen) atoms. The van der Waals surface area contributed by atoms with Crippen LogP contribution >= 0.6 is 23.1 Å². The summed E-state index contributed by atoms with van der Waals surface area (Å²) < 4.78 is 0. The number of aromatic nitrogens is 2. The molecule has 0 fully saturated rings. The first-order valence-corrected chi connectivity index (χ1v) is 7.74. The highest BCUT2D eigenvalue weighted by Crippen LogP contribution is 2.41. The van der Waals surface area contributed by atoms with Crippen LogP contribution in [0, 0.1) is 18.3 Å². The summed E-state index contributed by atoms with van der Waals surface area (Å²) >= 11 is 3.35. The van der Waals surface area contributed by atoms with Crippen molar-refractivity contribution in [3.8, 4) is 6.07 Å². The lowest BCUT2D eigenvalue weighted by atomic mass is 10.2. The zero-order valence-corrected chi connectivity index (χ0v) is 12.0. The molecule has 3 rings (SSSR count). The van der Waals surface area contributed by atoms with Crippen molar-refractivity contribution in [3.05, 3.63) is 16.3 Å². The van der Waals surface area contributed by atoms with Gasteiger partial charge in [-0.1, -0.05) is 11.8 Å². The molecule has 0 aromatic carbocycles. The molecule has 0 N–H and O–H groups in total. The molecule has 92 valence electrons. The van der Waals surface area contributed by atoms with Crippen LogP contribution in [0.3, 0.4) is 0 Å². The van der Waals surface area contributed by atoms with Gasteiger partial charge in [-0.3, -0.25) is 0 Å². The number of rotatable bonds is 2. The second-order valence-corrected chi connectivity index (χ2v) is 6.92. The van der Waals surface area contributed by atoms with Crippen molar-refractivity contribution in [3.63, 3.8) is 0 Å². The van der Waals surface area contributed by atoms with Crippen LogP contribution in [-0.2, 0) is 12.8 Å². The van der Waals surface area contributed by atoms with E-state index in [1.54, 1.807) is 23.1 Å². The fraction of sp³-hybridized carbons (Fsp3) is 0.462. The van der Waals surface area contributed by atoms with Gasteiger partial charge in [0.1, 0.15) is 15.7 Å². The zero-order chi connectivity index (χ0) is 12.7. The van der Waals surface area contributed by atoms with Gasteiger partial charge >= 0.3 is 0 Å². The van der Waals surface area contributed by atoms with Gasteiger partial charge in [0.2, 0.25) is 0 Å². The van der Waals surface area contributed by atoms with Crippen molar-refractivity contribution < 1.29 is 0 Å². The van der Waals surface area contributed by atoms with E-state index >= 15 is 0 Å². The molecule has 1 aliphatic carbocycles. The topological polar surface area (TPSA) is 49.6 Å². The fourth-order valence-corrected chi connectivity index (χ4v) is 4.62. The average Bonchev–Trinajstić information content (AvgIpc) is 2.87. The van der Waals surface area contributed by atoms with Gasteiger partial charge in [0.25, 0.3) is 0 Å². The highest BCUT2D eigenvalue weighted by molar-refractivity contribution is 8.00. The Morgan fingerprint density at radius 2 is 2.22 bits per heavy atom. The first-order valence-electron chi connectivity index (χ1n) is 6.04. The monoisotopic (exact) mass is 275 g/mol. The molecule has 1 atom stereocenters. The number of hydrogen-bond acceptors (Lipinski definition) is 5. The van der Waals surface area contributed by atoms with Gasteiger partial charge in [-0.2, -0.15) is 5.26 Å². The van der Waals surface area contributed by atoms with E-state index in [1.807, 2.05) is 13.8 Å². The molecule has 5 heteroatoms. The van der Waals surface area contributed by atoms with E-state index in [4.69, 9.17) is 5.26 Å². The lowest BCUT2D eigenvalue weighted by molar-refractivity contribution is 0.914. The van der Waals surface area contributed by atoms with E-state index in [-0.39, 0.29) is 5.25 Å². The Kier molecular flexibility index (Phi) is 3.00. The van der Waals surface area contributed by atoms with Crippen LogP contribution in [0.25, 0.3) is 10.2 Å². The number of nitriles is 1. The molecule has 0 amide bonds. The van der Waals surface area contributed by atoms with Crippen LogP contribution in [0.2, 0.25) is 0 Å². The molecule has 0 aliphatic heterocycles. The fourth-order valence-electron chi connectivity index (χ4n) is 2.34. The summed E-state index contributed by atoms with van der Waals surface area (Å²) in [5, 5.41) is 11.1. The third-order valence-corrected chi connectivity index (χ3v) is 5.28. The lowest BCUT2D eigenvalue weighted by Gasteiger charge is -2.06. The Hall–Kier alpha value is -1.12. The largest absolute Gasteiger partial charge is 0.226 e. The normalized spacial score (nSPS) is 15.6. The molecular formula is C13H13N3S2. The summed E-state index contributed by atoms with van der Waals surface area (Å²) in [5.41, 5.74) is 1.43. The van der Waals surface area contributed by atoms with Crippen molar-refractivity contribution in [2.75, 3.05) is 0 Å². The van der Waals surface area contributed by atoms with Crippen molar-refractivity contribution in [1.29, 1.82) is 5.26 Å². The minimum Gasteiger partial charge on any atom is -0.226 e. The van der Waals surface area contributed by atoms with Crippen LogP contribution in [0.5, 0.6) is 0 Å². The van der Waals surface area contributed by atoms with Crippen molar-refractivity contribution in [1.82, 2.24) is 9.97 Å². The van der Waals surface area contributed by atoms with Gasteiger partial charge in [0.15, 0.2) is 0 Å². The van der Waals surface area contributed by atoms with E-state index in [9.17, 15) is 0 Å². The smallest absolute Gasteiger partial charge is 0.128 e. The molecule has 2 aromatic heterocycles. The minimum absolute atomic E-state index is 0.0700. The molecule has 0 unspecified atom stereocenters. The second-order valence-electron chi connectivity index (χ2n) is 4.50. The molecule has 0 radical (unpaired) electrons. The molecule has 0 spiro atoms. The average molecular weight is 275 g/mol. The minimum atomic E-state index is -0.0700. The number of thiophene rings is 1. The standard InChI is InChI=1S/C13H13N3S2/c1-7(6-14)17-12-11-9-4-3-5-10(9)18-13(11)16-8(2)15-12/h7H,3-5H2,1-2H3/t7-/m0/s1. The maximum absolute atomic E-state index is 8.97. The molecule has 1 aliphatic rings. The first kappa shape index (κ1) is 11.9. The SMILES string of the molecule is Cc1nc(S[C@@H](C)C#N)c2c3c(sc2n1)CCC3. The molecule has 0 saturated heterocycles. The maximum atomic E-state index is 8.97. The summed E-state index contributed by atoms with van der Waals surface area (Å²) in [6.45, 7) is 3.84. The predicted molar refractivity (Wildman–Crippen MR) is 75.1 cm³/mol. The summed E-state index contributed by atoms with van der Waals surface area (Å²) in [4.78, 5) is 11.7. The van der Waals surface area contributed by atoms with E-state index in [0.717, 1.165) is 22.1 Å². The van der Waals surface area contributed by atoms with Crippen molar-refractivity contribution in [2.24, 2.45) is 0 Å².